The molecule has 0 aromatic rings. The van der Waals surface area contributed by atoms with Gasteiger partial charge >= 0.3 is 5.97 Å². The molecule has 0 bridgehead atoms. The number of carboxylic acids is 1. The van der Waals surface area contributed by atoms with Gasteiger partial charge in [-0.1, -0.05) is 6.92 Å². The van der Waals surface area contributed by atoms with E-state index >= 15 is 0 Å². The first-order valence-electron chi connectivity index (χ1n) is 4.59. The second-order valence-corrected chi connectivity index (χ2v) is 3.67. The molecule has 5 heteroatoms. The predicted octanol–water partition coefficient (Wildman–Crippen LogP) is 0.668. The molecule has 14 heavy (non-hydrogen) atoms. The van der Waals surface area contributed by atoms with Crippen LogP contribution in [0.3, 0.4) is 0 Å². The number of aliphatic carboxylic acids is 1. The average Bonchev–Trinajstić information content (AvgIpc) is 2.44. The lowest BCUT2D eigenvalue weighted by Gasteiger charge is -2.19. The minimum atomic E-state index is -2.26. The van der Waals surface area contributed by atoms with E-state index in [9.17, 15) is 14.0 Å². The molecule has 0 aromatic heterocycles. The third-order valence-electron chi connectivity index (χ3n) is 2.80. The van der Waals surface area contributed by atoms with E-state index in [2.05, 4.69) is 0 Å². The SMILES string of the molecule is CC[C@@H]1CN(C(C)=O)C[C@@]1(F)C(=O)O. The standard InChI is InChI=1S/C9H14FNO3/c1-3-7-4-11(6(2)12)5-9(7,10)8(13)14/h7H,3-5H2,1-2H3,(H,13,14)/t7-,9+/m1/s1. The molecule has 1 heterocycles. The van der Waals surface area contributed by atoms with Gasteiger partial charge in [0.05, 0.1) is 6.54 Å². The predicted molar refractivity (Wildman–Crippen MR) is 47.5 cm³/mol. The summed E-state index contributed by atoms with van der Waals surface area (Å²) in [5.74, 6) is -2.33. The molecule has 1 rings (SSSR count). The second kappa shape index (κ2) is 3.55. The van der Waals surface area contributed by atoms with Crippen molar-refractivity contribution in [2.24, 2.45) is 5.92 Å². The normalized spacial score (nSPS) is 31.9. The molecule has 1 saturated heterocycles. The van der Waals surface area contributed by atoms with E-state index in [1.165, 1.54) is 11.8 Å². The van der Waals surface area contributed by atoms with Crippen molar-refractivity contribution in [3.05, 3.63) is 0 Å². The molecule has 0 radical (unpaired) electrons. The minimum absolute atomic E-state index is 0.203. The second-order valence-electron chi connectivity index (χ2n) is 3.67. The highest BCUT2D eigenvalue weighted by Gasteiger charge is 2.53. The van der Waals surface area contributed by atoms with Gasteiger partial charge in [-0.2, -0.15) is 0 Å². The molecule has 1 N–H and O–H groups in total. The smallest absolute Gasteiger partial charge is 0.343 e. The van der Waals surface area contributed by atoms with Gasteiger partial charge in [-0.15, -0.1) is 0 Å². The largest absolute Gasteiger partial charge is 0.479 e. The van der Waals surface area contributed by atoms with E-state index in [1.807, 2.05) is 0 Å². The summed E-state index contributed by atoms with van der Waals surface area (Å²) in [5.41, 5.74) is -2.26. The molecule has 0 spiro atoms. The first kappa shape index (κ1) is 10.9. The Balaban J connectivity index is 2.87. The van der Waals surface area contributed by atoms with E-state index in [1.54, 1.807) is 6.92 Å². The summed E-state index contributed by atoms with van der Waals surface area (Å²) < 4.78 is 13.9. The number of nitrogens with zero attached hydrogens (tertiary/aromatic N) is 1. The first-order chi connectivity index (χ1) is 6.41. The maximum Gasteiger partial charge on any atom is 0.343 e. The number of carbonyl (C=O) groups is 2. The van der Waals surface area contributed by atoms with Crippen LogP contribution < -0.4 is 0 Å². The number of likely N-dealkylation sites (tertiary alicyclic amines) is 1. The minimum Gasteiger partial charge on any atom is -0.479 e. The summed E-state index contributed by atoms with van der Waals surface area (Å²) in [7, 11) is 0. The van der Waals surface area contributed by atoms with Crippen LogP contribution in [-0.4, -0.2) is 40.6 Å². The highest BCUT2D eigenvalue weighted by Crippen LogP contribution is 2.34. The van der Waals surface area contributed by atoms with E-state index in [-0.39, 0.29) is 19.0 Å². The van der Waals surface area contributed by atoms with Crippen LogP contribution in [0.1, 0.15) is 20.3 Å². The van der Waals surface area contributed by atoms with Crippen molar-refractivity contribution in [3.63, 3.8) is 0 Å². The molecule has 80 valence electrons. The van der Waals surface area contributed by atoms with Crippen LogP contribution in [0.5, 0.6) is 0 Å². The van der Waals surface area contributed by atoms with Crippen molar-refractivity contribution in [1.82, 2.24) is 4.90 Å². The van der Waals surface area contributed by atoms with Gasteiger partial charge in [0.15, 0.2) is 0 Å². The Hall–Kier alpha value is -1.13. The number of alkyl halides is 1. The molecule has 4 nitrogen and oxygen atoms in total. The summed E-state index contributed by atoms with van der Waals surface area (Å²) in [6.45, 7) is 2.93. The third-order valence-corrected chi connectivity index (χ3v) is 2.80. The zero-order chi connectivity index (χ0) is 10.9. The highest BCUT2D eigenvalue weighted by atomic mass is 19.1. The highest BCUT2D eigenvalue weighted by molar-refractivity contribution is 5.81. The average molecular weight is 203 g/mol. The van der Waals surface area contributed by atoms with Crippen LogP contribution in [0.2, 0.25) is 0 Å². The van der Waals surface area contributed by atoms with Crippen LogP contribution in [0.15, 0.2) is 0 Å². The molecule has 1 amide bonds. The Morgan fingerprint density at radius 3 is 2.50 bits per heavy atom. The Morgan fingerprint density at radius 2 is 2.21 bits per heavy atom. The quantitative estimate of drug-likeness (QED) is 0.717. The van der Waals surface area contributed by atoms with Gasteiger partial charge in [-0.3, -0.25) is 4.79 Å². The monoisotopic (exact) mass is 203 g/mol. The molecule has 1 aliphatic rings. The number of rotatable bonds is 2. The zero-order valence-electron chi connectivity index (χ0n) is 8.29. The van der Waals surface area contributed by atoms with E-state index in [0.29, 0.717) is 6.42 Å². The summed E-state index contributed by atoms with van der Waals surface area (Å²) in [6, 6.07) is 0. The number of carboxylic acid groups (broad SMARTS) is 1. The zero-order valence-corrected chi connectivity index (χ0v) is 8.29. The summed E-state index contributed by atoms with van der Waals surface area (Å²) >= 11 is 0. The van der Waals surface area contributed by atoms with Crippen molar-refractivity contribution in [2.75, 3.05) is 13.1 Å². The van der Waals surface area contributed by atoms with Gasteiger partial charge < -0.3 is 10.0 Å². The Labute approximate surface area is 81.7 Å². The van der Waals surface area contributed by atoms with E-state index in [0.717, 1.165) is 0 Å². The number of amides is 1. The maximum atomic E-state index is 13.9. The van der Waals surface area contributed by atoms with Crippen LogP contribution >= 0.6 is 0 Å². The van der Waals surface area contributed by atoms with E-state index in [4.69, 9.17) is 5.11 Å². The fourth-order valence-corrected chi connectivity index (χ4v) is 1.82. The first-order valence-corrected chi connectivity index (χ1v) is 4.59. The lowest BCUT2D eigenvalue weighted by Crippen LogP contribution is -2.42. The van der Waals surface area contributed by atoms with Gasteiger partial charge in [0.1, 0.15) is 0 Å². The topological polar surface area (TPSA) is 57.6 Å². The summed E-state index contributed by atoms with van der Waals surface area (Å²) in [6.07, 6.45) is 0.423. The Kier molecular flexibility index (Phi) is 2.78. The number of hydrogen-bond acceptors (Lipinski definition) is 2. The molecular weight excluding hydrogens is 189 g/mol. The van der Waals surface area contributed by atoms with Crippen molar-refractivity contribution < 1.29 is 19.1 Å². The number of carbonyl (C=O) groups excluding carboxylic acids is 1. The van der Waals surface area contributed by atoms with Crippen LogP contribution in [0.4, 0.5) is 4.39 Å². The fraction of sp³-hybridized carbons (Fsp3) is 0.778. The lowest BCUT2D eigenvalue weighted by atomic mass is 9.91. The maximum absolute atomic E-state index is 13.9. The number of hydrogen-bond donors (Lipinski definition) is 1. The molecule has 2 atom stereocenters. The molecule has 0 aromatic carbocycles. The van der Waals surface area contributed by atoms with Gasteiger partial charge in [0.2, 0.25) is 11.6 Å². The van der Waals surface area contributed by atoms with Crippen LogP contribution in [0.25, 0.3) is 0 Å². The summed E-state index contributed by atoms with van der Waals surface area (Å²) in [5, 5.41) is 8.76. The van der Waals surface area contributed by atoms with Gasteiger partial charge in [-0.25, -0.2) is 9.18 Å². The van der Waals surface area contributed by atoms with Gasteiger partial charge in [-0.05, 0) is 6.42 Å². The molecule has 1 aliphatic heterocycles. The van der Waals surface area contributed by atoms with Crippen molar-refractivity contribution >= 4 is 11.9 Å². The van der Waals surface area contributed by atoms with Crippen molar-refractivity contribution in [3.8, 4) is 0 Å². The van der Waals surface area contributed by atoms with E-state index < -0.39 is 17.6 Å². The Bertz CT molecular complexity index is 269. The van der Waals surface area contributed by atoms with Crippen molar-refractivity contribution in [2.45, 2.75) is 25.9 Å². The lowest BCUT2D eigenvalue weighted by molar-refractivity contribution is -0.152. The molecule has 0 unspecified atom stereocenters. The summed E-state index contributed by atoms with van der Waals surface area (Å²) in [4.78, 5) is 23.0. The van der Waals surface area contributed by atoms with Gasteiger partial charge in [0, 0.05) is 19.4 Å². The molecule has 1 fully saturated rings. The van der Waals surface area contributed by atoms with Crippen molar-refractivity contribution in [1.29, 1.82) is 0 Å². The molecule has 0 saturated carbocycles. The fourth-order valence-electron chi connectivity index (χ4n) is 1.82. The number of halogens is 1. The van der Waals surface area contributed by atoms with Gasteiger partial charge in [0.25, 0.3) is 0 Å². The molecular formula is C9H14FNO3. The Morgan fingerprint density at radius 1 is 1.64 bits per heavy atom. The van der Waals surface area contributed by atoms with Crippen LogP contribution in [-0.2, 0) is 9.59 Å². The van der Waals surface area contributed by atoms with Crippen LogP contribution in [0, 0.1) is 5.92 Å². The third kappa shape index (κ3) is 1.58. The molecule has 0 aliphatic carbocycles.